The largest absolute Gasteiger partial charge is 0.497 e. The van der Waals surface area contributed by atoms with E-state index in [2.05, 4.69) is 16.2 Å². The van der Waals surface area contributed by atoms with Crippen molar-refractivity contribution in [3.8, 4) is 5.75 Å². The maximum absolute atomic E-state index is 12.6. The van der Waals surface area contributed by atoms with Crippen molar-refractivity contribution in [2.45, 2.75) is 32.7 Å². The summed E-state index contributed by atoms with van der Waals surface area (Å²) in [7, 11) is 1.62. The molecule has 4 rings (SSSR count). The first-order valence-corrected chi connectivity index (χ1v) is 9.98. The molecule has 2 aromatic carbocycles. The Morgan fingerprint density at radius 2 is 2.07 bits per heavy atom. The fourth-order valence-electron chi connectivity index (χ4n) is 3.64. The second kappa shape index (κ2) is 7.84. The lowest BCUT2D eigenvalue weighted by molar-refractivity contribution is -0.132. The van der Waals surface area contributed by atoms with Crippen molar-refractivity contribution in [1.82, 2.24) is 9.99 Å². The second-order valence-corrected chi connectivity index (χ2v) is 7.51. The predicted octanol–water partition coefficient (Wildman–Crippen LogP) is 5.29. The number of nitrogens with zero attached hydrogens (tertiary/aromatic N) is 3. The number of amides is 1. The van der Waals surface area contributed by atoms with Crippen LogP contribution in [0.15, 0.2) is 53.6 Å². The molecule has 0 N–H and O–H groups in total. The molecule has 0 bridgehead atoms. The van der Waals surface area contributed by atoms with Crippen molar-refractivity contribution < 1.29 is 9.53 Å². The topological polar surface area (TPSA) is 54.8 Å². The van der Waals surface area contributed by atoms with Gasteiger partial charge in [-0.3, -0.25) is 4.79 Å². The van der Waals surface area contributed by atoms with E-state index >= 15 is 0 Å². The van der Waals surface area contributed by atoms with Crippen LogP contribution in [0.3, 0.4) is 0 Å². The minimum atomic E-state index is -0.274. The number of methoxy groups -OCH3 is 1. The Morgan fingerprint density at radius 3 is 2.79 bits per heavy atom. The van der Waals surface area contributed by atoms with Crippen LogP contribution in [0.25, 0.3) is 10.9 Å². The van der Waals surface area contributed by atoms with Crippen LogP contribution in [0.4, 0.5) is 0 Å². The highest BCUT2D eigenvalue weighted by atomic mass is 35.5. The normalized spacial score (nSPS) is 16.2. The van der Waals surface area contributed by atoms with Gasteiger partial charge in [-0.25, -0.2) is 9.99 Å². The smallest absolute Gasteiger partial charge is 0.242 e. The van der Waals surface area contributed by atoms with Crippen LogP contribution in [0.5, 0.6) is 5.75 Å². The molecule has 1 aromatic heterocycles. The molecule has 148 valence electrons. The highest BCUT2D eigenvalue weighted by Gasteiger charge is 2.34. The Hall–Kier alpha value is -2.92. The molecule has 5 nitrogen and oxygen atoms in total. The van der Waals surface area contributed by atoms with Gasteiger partial charge in [-0.05, 0) is 30.7 Å². The summed E-state index contributed by atoms with van der Waals surface area (Å²) in [6.45, 7) is 3.88. The summed E-state index contributed by atoms with van der Waals surface area (Å²) in [5.74, 6) is 0.686. The number of fused-ring (bicyclic) bond motifs is 1. The number of benzene rings is 2. The Morgan fingerprint density at radius 1 is 1.24 bits per heavy atom. The Balaban J connectivity index is 1.76. The summed E-state index contributed by atoms with van der Waals surface area (Å²) in [6, 6.07) is 15.6. The van der Waals surface area contributed by atoms with Gasteiger partial charge in [0.2, 0.25) is 5.91 Å². The number of pyridine rings is 1. The molecule has 2 heterocycles. The van der Waals surface area contributed by atoms with Crippen LogP contribution in [-0.4, -0.2) is 28.7 Å². The lowest BCUT2D eigenvalue weighted by atomic mass is 9.97. The van der Waals surface area contributed by atoms with Crippen LogP contribution in [0, 0.1) is 6.92 Å². The van der Waals surface area contributed by atoms with Gasteiger partial charge in [0.15, 0.2) is 0 Å². The Bertz CT molecular complexity index is 1130. The summed E-state index contributed by atoms with van der Waals surface area (Å²) in [6.07, 6.45) is 0.967. The average molecular weight is 408 g/mol. The summed E-state index contributed by atoms with van der Waals surface area (Å²) < 4.78 is 5.27. The monoisotopic (exact) mass is 407 g/mol. The summed E-state index contributed by atoms with van der Waals surface area (Å²) in [5, 5.41) is 7.56. The Labute approximate surface area is 175 Å². The first kappa shape index (κ1) is 19.4. The molecule has 6 heteroatoms. The predicted molar refractivity (Wildman–Crippen MR) is 116 cm³/mol. The lowest BCUT2D eigenvalue weighted by Crippen LogP contribution is -2.26. The molecule has 1 amide bonds. The van der Waals surface area contributed by atoms with Crippen molar-refractivity contribution in [2.75, 3.05) is 7.11 Å². The minimum Gasteiger partial charge on any atom is -0.497 e. The molecule has 0 saturated heterocycles. The molecule has 1 atom stereocenters. The standard InChI is InChI=1S/C23H22ClN3O2/c1-4-22(28)27-21(13-20(26-27)15-7-5-6-14(2)10-15)18-11-16-8-9-17(29-3)12-19(16)25-23(18)24/h5-12,21H,4,13H2,1-3H3/t21-/m0/s1. The van der Waals surface area contributed by atoms with Gasteiger partial charge in [0, 0.05) is 29.9 Å². The molecule has 1 aliphatic heterocycles. The van der Waals surface area contributed by atoms with Crippen molar-refractivity contribution in [2.24, 2.45) is 5.10 Å². The van der Waals surface area contributed by atoms with Gasteiger partial charge in [-0.2, -0.15) is 5.10 Å². The zero-order chi connectivity index (χ0) is 20.5. The molecular weight excluding hydrogens is 386 g/mol. The van der Waals surface area contributed by atoms with Crippen molar-refractivity contribution in [3.63, 3.8) is 0 Å². The molecular formula is C23H22ClN3O2. The number of aromatic nitrogens is 1. The van der Waals surface area contributed by atoms with Gasteiger partial charge in [-0.1, -0.05) is 48.4 Å². The fraction of sp³-hybridized carbons (Fsp3) is 0.261. The van der Waals surface area contributed by atoms with Crippen LogP contribution >= 0.6 is 11.6 Å². The van der Waals surface area contributed by atoms with Gasteiger partial charge >= 0.3 is 0 Å². The summed E-state index contributed by atoms with van der Waals surface area (Å²) >= 11 is 6.57. The van der Waals surface area contributed by atoms with E-state index in [0.29, 0.717) is 18.0 Å². The maximum Gasteiger partial charge on any atom is 0.242 e. The lowest BCUT2D eigenvalue weighted by Gasteiger charge is -2.22. The number of hydrogen-bond acceptors (Lipinski definition) is 4. The zero-order valence-electron chi connectivity index (χ0n) is 16.6. The minimum absolute atomic E-state index is 0.0384. The SMILES string of the molecule is CCC(=O)N1N=C(c2cccc(C)c2)C[C@H]1c1cc2ccc(OC)cc2nc1Cl. The number of carbonyl (C=O) groups is 1. The molecule has 3 aromatic rings. The van der Waals surface area contributed by atoms with Gasteiger partial charge in [0.25, 0.3) is 0 Å². The molecule has 0 unspecified atom stereocenters. The van der Waals surface area contributed by atoms with E-state index in [1.54, 1.807) is 12.1 Å². The third kappa shape index (κ3) is 3.70. The third-order valence-corrected chi connectivity index (χ3v) is 5.49. The third-order valence-electron chi connectivity index (χ3n) is 5.18. The van der Waals surface area contributed by atoms with Gasteiger partial charge < -0.3 is 4.74 Å². The first-order valence-electron chi connectivity index (χ1n) is 9.61. The number of aryl methyl sites for hydroxylation is 1. The highest BCUT2D eigenvalue weighted by Crippen LogP contribution is 2.38. The fourth-order valence-corrected chi connectivity index (χ4v) is 3.92. The quantitative estimate of drug-likeness (QED) is 0.552. The van der Waals surface area contributed by atoms with E-state index in [-0.39, 0.29) is 11.9 Å². The van der Waals surface area contributed by atoms with Crippen molar-refractivity contribution >= 4 is 34.1 Å². The summed E-state index contributed by atoms with van der Waals surface area (Å²) in [4.78, 5) is 17.2. The molecule has 0 aliphatic carbocycles. The number of ether oxygens (including phenoxy) is 1. The van der Waals surface area contributed by atoms with Crippen molar-refractivity contribution in [3.05, 3.63) is 70.4 Å². The highest BCUT2D eigenvalue weighted by molar-refractivity contribution is 6.30. The number of hydrogen-bond donors (Lipinski definition) is 0. The van der Waals surface area contributed by atoms with Crippen LogP contribution in [0.1, 0.15) is 42.5 Å². The number of hydrazone groups is 1. The average Bonchev–Trinajstić information content (AvgIpc) is 3.17. The zero-order valence-corrected chi connectivity index (χ0v) is 17.4. The number of rotatable bonds is 4. The van der Waals surface area contributed by atoms with Gasteiger partial charge in [-0.15, -0.1) is 0 Å². The van der Waals surface area contributed by atoms with Crippen molar-refractivity contribution in [1.29, 1.82) is 0 Å². The van der Waals surface area contributed by atoms with Crippen LogP contribution in [-0.2, 0) is 4.79 Å². The second-order valence-electron chi connectivity index (χ2n) is 7.15. The molecule has 0 radical (unpaired) electrons. The molecule has 0 saturated carbocycles. The van der Waals surface area contributed by atoms with Gasteiger partial charge in [0.1, 0.15) is 10.9 Å². The van der Waals surface area contributed by atoms with Gasteiger partial charge in [0.05, 0.1) is 24.4 Å². The Kier molecular flexibility index (Phi) is 5.24. The van der Waals surface area contributed by atoms with E-state index in [9.17, 15) is 4.79 Å². The van der Waals surface area contributed by atoms with E-state index in [4.69, 9.17) is 16.3 Å². The molecule has 1 aliphatic rings. The number of carbonyl (C=O) groups excluding carboxylic acids is 1. The number of halogens is 1. The summed E-state index contributed by atoms with van der Waals surface area (Å²) in [5.41, 5.74) is 4.62. The van der Waals surface area contributed by atoms with Crippen LogP contribution in [0.2, 0.25) is 5.15 Å². The molecule has 29 heavy (non-hydrogen) atoms. The van der Waals surface area contributed by atoms with E-state index in [0.717, 1.165) is 39.1 Å². The molecule has 0 fully saturated rings. The van der Waals surface area contributed by atoms with Crippen LogP contribution < -0.4 is 4.74 Å². The van der Waals surface area contributed by atoms with E-state index in [1.807, 2.05) is 56.3 Å². The van der Waals surface area contributed by atoms with E-state index in [1.165, 1.54) is 0 Å². The first-order chi connectivity index (χ1) is 14.0. The molecule has 0 spiro atoms. The van der Waals surface area contributed by atoms with E-state index < -0.39 is 0 Å². The maximum atomic E-state index is 12.6.